The van der Waals surface area contributed by atoms with Gasteiger partial charge in [0.1, 0.15) is 0 Å². The quantitative estimate of drug-likeness (QED) is 0.565. The summed E-state index contributed by atoms with van der Waals surface area (Å²) in [6.45, 7) is 1.57. The minimum absolute atomic E-state index is 0.138. The van der Waals surface area contributed by atoms with E-state index >= 15 is 0 Å². The van der Waals surface area contributed by atoms with Crippen molar-refractivity contribution in [2.24, 2.45) is 0 Å². The number of anilines is 1. The van der Waals surface area contributed by atoms with Crippen LogP contribution < -0.4 is 5.73 Å². The van der Waals surface area contributed by atoms with Crippen molar-refractivity contribution in [3.63, 3.8) is 0 Å². The molecule has 0 aliphatic carbocycles. The fraction of sp³-hybridized carbons (Fsp3) is 0.250. The Hall–Kier alpha value is -0.840. The molecule has 1 rings (SSSR count). The highest BCUT2D eigenvalue weighted by atomic mass is 32.2. The predicted octanol–water partition coefficient (Wildman–Crippen LogP) is 3.19. The molecule has 0 atom stereocenters. The van der Waals surface area contributed by atoms with E-state index in [0.29, 0.717) is 11.3 Å². The third kappa shape index (κ3) is 2.84. The molecule has 0 unspecified atom stereocenters. The highest BCUT2D eigenvalue weighted by Gasteiger charge is 2.29. The molecule has 0 aromatic heterocycles. The third-order valence-corrected chi connectivity index (χ3v) is 2.45. The maximum absolute atomic E-state index is 12.0. The van der Waals surface area contributed by atoms with E-state index in [4.69, 9.17) is 5.73 Å². The first-order valence-corrected chi connectivity index (χ1v) is 4.32. The first kappa shape index (κ1) is 10.2. The lowest BCUT2D eigenvalue weighted by molar-refractivity contribution is -0.0328. The molecule has 2 N–H and O–H groups in total. The van der Waals surface area contributed by atoms with Gasteiger partial charge in [-0.2, -0.15) is 13.2 Å². The number of hydrogen-bond donors (Lipinski definition) is 1. The van der Waals surface area contributed by atoms with E-state index in [0.717, 1.165) is 0 Å². The molecule has 0 saturated heterocycles. The van der Waals surface area contributed by atoms with Gasteiger partial charge in [-0.25, -0.2) is 0 Å². The van der Waals surface area contributed by atoms with E-state index in [2.05, 4.69) is 0 Å². The second-order valence-corrected chi connectivity index (χ2v) is 3.63. The average molecular weight is 207 g/mol. The summed E-state index contributed by atoms with van der Waals surface area (Å²) in [5.74, 6) is 0. The molecule has 1 aromatic carbocycles. The molecule has 0 saturated carbocycles. The van der Waals surface area contributed by atoms with E-state index in [9.17, 15) is 13.2 Å². The van der Waals surface area contributed by atoms with Crippen LogP contribution in [-0.2, 0) is 0 Å². The standard InChI is InChI=1S/C8H8F3NS/c1-5-6(12)3-2-4-7(5)13-8(9,10)11/h2-4H,12H2,1H3. The molecule has 0 bridgehead atoms. The molecule has 0 fully saturated rings. The summed E-state index contributed by atoms with van der Waals surface area (Å²) in [7, 11) is 0. The Kier molecular flexibility index (Phi) is 2.75. The van der Waals surface area contributed by atoms with Gasteiger partial charge in [0.15, 0.2) is 0 Å². The Labute approximate surface area is 78.1 Å². The number of alkyl halides is 3. The predicted molar refractivity (Wildman–Crippen MR) is 47.5 cm³/mol. The van der Waals surface area contributed by atoms with Gasteiger partial charge in [-0.3, -0.25) is 0 Å². The molecule has 0 spiro atoms. The van der Waals surface area contributed by atoms with Gasteiger partial charge in [0.25, 0.3) is 0 Å². The van der Waals surface area contributed by atoms with Crippen LogP contribution in [0.1, 0.15) is 5.56 Å². The maximum Gasteiger partial charge on any atom is 0.446 e. The van der Waals surface area contributed by atoms with Gasteiger partial charge in [0, 0.05) is 10.6 Å². The van der Waals surface area contributed by atoms with Crippen LogP contribution in [0, 0.1) is 6.92 Å². The normalized spacial score (nSPS) is 11.7. The molecule has 0 radical (unpaired) electrons. The van der Waals surface area contributed by atoms with E-state index in [-0.39, 0.29) is 16.7 Å². The summed E-state index contributed by atoms with van der Waals surface area (Å²) >= 11 is -0.138. The fourth-order valence-corrected chi connectivity index (χ4v) is 1.53. The Morgan fingerprint density at radius 3 is 2.46 bits per heavy atom. The molecular formula is C8H8F3NS. The molecule has 72 valence electrons. The summed E-state index contributed by atoms with van der Waals surface area (Å²) < 4.78 is 35.9. The molecule has 0 heterocycles. The number of nitrogens with two attached hydrogens (primary N) is 1. The summed E-state index contributed by atoms with van der Waals surface area (Å²) in [5, 5.41) is 0. The molecule has 0 aliphatic rings. The number of nitrogen functional groups attached to an aromatic ring is 1. The van der Waals surface area contributed by atoms with Crippen molar-refractivity contribution in [3.05, 3.63) is 23.8 Å². The molecule has 13 heavy (non-hydrogen) atoms. The SMILES string of the molecule is Cc1c(N)cccc1SC(F)(F)F. The first-order chi connectivity index (χ1) is 5.90. The lowest BCUT2D eigenvalue weighted by Crippen LogP contribution is -2.01. The van der Waals surface area contributed by atoms with Crippen LogP contribution in [0.5, 0.6) is 0 Å². The molecule has 0 amide bonds. The maximum atomic E-state index is 12.0. The van der Waals surface area contributed by atoms with E-state index < -0.39 is 5.51 Å². The summed E-state index contributed by atoms with van der Waals surface area (Å²) in [5.41, 5.74) is 2.07. The summed E-state index contributed by atoms with van der Waals surface area (Å²) in [6.07, 6.45) is 0. The van der Waals surface area contributed by atoms with Gasteiger partial charge < -0.3 is 5.73 Å². The average Bonchev–Trinajstić information content (AvgIpc) is 1.96. The van der Waals surface area contributed by atoms with E-state index in [1.165, 1.54) is 12.1 Å². The highest BCUT2D eigenvalue weighted by Crippen LogP contribution is 2.39. The van der Waals surface area contributed by atoms with Crippen LogP contribution in [0.2, 0.25) is 0 Å². The Bertz CT molecular complexity index is 309. The van der Waals surface area contributed by atoms with Crippen LogP contribution in [-0.4, -0.2) is 5.51 Å². The summed E-state index contributed by atoms with van der Waals surface area (Å²) in [6, 6.07) is 4.50. The van der Waals surface area contributed by atoms with Gasteiger partial charge in [0.05, 0.1) is 0 Å². The Balaban J connectivity index is 2.96. The first-order valence-electron chi connectivity index (χ1n) is 3.51. The lowest BCUT2D eigenvalue weighted by atomic mass is 10.2. The van der Waals surface area contributed by atoms with Gasteiger partial charge in [-0.05, 0) is 36.4 Å². The minimum Gasteiger partial charge on any atom is -0.398 e. The number of hydrogen-bond acceptors (Lipinski definition) is 2. The van der Waals surface area contributed by atoms with Crippen molar-refractivity contribution in [2.75, 3.05) is 5.73 Å². The van der Waals surface area contributed by atoms with E-state index in [1.54, 1.807) is 13.0 Å². The van der Waals surface area contributed by atoms with Crippen molar-refractivity contribution >= 4 is 17.4 Å². The summed E-state index contributed by atoms with van der Waals surface area (Å²) in [4.78, 5) is 0.160. The van der Waals surface area contributed by atoms with Crippen LogP contribution >= 0.6 is 11.8 Å². The topological polar surface area (TPSA) is 26.0 Å². The second kappa shape index (κ2) is 3.49. The van der Waals surface area contributed by atoms with Crippen molar-refractivity contribution in [1.29, 1.82) is 0 Å². The van der Waals surface area contributed by atoms with Gasteiger partial charge >= 0.3 is 5.51 Å². The van der Waals surface area contributed by atoms with E-state index in [1.807, 2.05) is 0 Å². The van der Waals surface area contributed by atoms with Crippen molar-refractivity contribution in [3.8, 4) is 0 Å². The largest absolute Gasteiger partial charge is 0.446 e. The number of halogens is 3. The molecular weight excluding hydrogens is 199 g/mol. The van der Waals surface area contributed by atoms with Gasteiger partial charge in [0.2, 0.25) is 0 Å². The molecule has 0 aliphatic heterocycles. The van der Waals surface area contributed by atoms with Crippen LogP contribution in [0.3, 0.4) is 0 Å². The van der Waals surface area contributed by atoms with Crippen LogP contribution in [0.4, 0.5) is 18.9 Å². The Morgan fingerprint density at radius 1 is 1.31 bits per heavy atom. The fourth-order valence-electron chi connectivity index (χ4n) is 0.867. The smallest absolute Gasteiger partial charge is 0.398 e. The lowest BCUT2D eigenvalue weighted by Gasteiger charge is -2.09. The van der Waals surface area contributed by atoms with Crippen LogP contribution in [0.15, 0.2) is 23.1 Å². The zero-order chi connectivity index (χ0) is 10.1. The zero-order valence-corrected chi connectivity index (χ0v) is 7.67. The van der Waals surface area contributed by atoms with Crippen LogP contribution in [0.25, 0.3) is 0 Å². The third-order valence-electron chi connectivity index (χ3n) is 1.55. The minimum atomic E-state index is -4.25. The molecule has 1 aromatic rings. The monoisotopic (exact) mass is 207 g/mol. The van der Waals surface area contributed by atoms with Crippen molar-refractivity contribution in [2.45, 2.75) is 17.3 Å². The zero-order valence-electron chi connectivity index (χ0n) is 6.85. The highest BCUT2D eigenvalue weighted by molar-refractivity contribution is 8.00. The number of rotatable bonds is 1. The van der Waals surface area contributed by atoms with Crippen molar-refractivity contribution in [1.82, 2.24) is 0 Å². The van der Waals surface area contributed by atoms with Crippen molar-refractivity contribution < 1.29 is 13.2 Å². The number of benzene rings is 1. The number of thioether (sulfide) groups is 1. The second-order valence-electron chi connectivity index (χ2n) is 2.52. The Morgan fingerprint density at radius 2 is 1.92 bits per heavy atom. The molecule has 1 nitrogen and oxygen atoms in total. The van der Waals surface area contributed by atoms with Gasteiger partial charge in [-0.15, -0.1) is 0 Å². The van der Waals surface area contributed by atoms with Gasteiger partial charge in [-0.1, -0.05) is 6.07 Å². The molecule has 5 heteroatoms.